The van der Waals surface area contributed by atoms with Crippen LogP contribution in [0.3, 0.4) is 0 Å². The summed E-state index contributed by atoms with van der Waals surface area (Å²) in [5.41, 5.74) is 1.71. The van der Waals surface area contributed by atoms with Crippen molar-refractivity contribution in [2.45, 2.75) is 19.9 Å². The fourth-order valence-electron chi connectivity index (χ4n) is 1.61. The van der Waals surface area contributed by atoms with E-state index >= 15 is 0 Å². The molecule has 0 unspecified atom stereocenters. The van der Waals surface area contributed by atoms with E-state index in [0.29, 0.717) is 18.5 Å². The lowest BCUT2D eigenvalue weighted by atomic mass is 10.2. The van der Waals surface area contributed by atoms with E-state index in [2.05, 4.69) is 17.0 Å². The molecule has 0 saturated carbocycles. The van der Waals surface area contributed by atoms with E-state index in [0.717, 1.165) is 6.54 Å². The summed E-state index contributed by atoms with van der Waals surface area (Å²) < 4.78 is 0. The largest absolute Gasteiger partial charge is 0.478 e. The molecule has 92 valence electrons. The van der Waals surface area contributed by atoms with Gasteiger partial charge in [0.1, 0.15) is 0 Å². The van der Waals surface area contributed by atoms with Crippen molar-refractivity contribution in [1.82, 2.24) is 4.90 Å². The lowest BCUT2D eigenvalue weighted by Gasteiger charge is -2.14. The molecule has 1 rings (SSSR count). The second-order valence-corrected chi connectivity index (χ2v) is 4.07. The van der Waals surface area contributed by atoms with E-state index in [-0.39, 0.29) is 0 Å². The Morgan fingerprint density at radius 3 is 2.53 bits per heavy atom. The number of likely N-dealkylation sites (N-methyl/N-ethyl adjacent to an activating group) is 1. The third-order valence-corrected chi connectivity index (χ3v) is 2.60. The van der Waals surface area contributed by atoms with Crippen LogP contribution in [0.15, 0.2) is 42.0 Å². The summed E-state index contributed by atoms with van der Waals surface area (Å²) in [5.74, 6) is -0.819. The van der Waals surface area contributed by atoms with Gasteiger partial charge < -0.3 is 5.11 Å². The number of nitrogens with zero attached hydrogens (tertiary/aromatic N) is 1. The summed E-state index contributed by atoms with van der Waals surface area (Å²) in [5, 5.41) is 8.89. The molecule has 0 aliphatic carbocycles. The molecule has 1 aromatic rings. The van der Waals surface area contributed by atoms with Crippen molar-refractivity contribution in [3.63, 3.8) is 0 Å². The van der Waals surface area contributed by atoms with Crippen LogP contribution in [-0.2, 0) is 11.3 Å². The maximum absolute atomic E-state index is 10.8. The average molecular weight is 233 g/mol. The van der Waals surface area contributed by atoms with Crippen LogP contribution in [0.1, 0.15) is 18.9 Å². The second-order valence-electron chi connectivity index (χ2n) is 4.07. The van der Waals surface area contributed by atoms with E-state index in [4.69, 9.17) is 5.11 Å². The maximum Gasteiger partial charge on any atom is 0.331 e. The Morgan fingerprint density at radius 1 is 1.35 bits per heavy atom. The fourth-order valence-corrected chi connectivity index (χ4v) is 1.61. The molecule has 0 aliphatic rings. The molecule has 17 heavy (non-hydrogen) atoms. The molecule has 3 heteroatoms. The number of aliphatic carboxylic acids is 1. The normalized spacial score (nSPS) is 11.8. The van der Waals surface area contributed by atoms with Crippen LogP contribution < -0.4 is 0 Å². The van der Waals surface area contributed by atoms with Gasteiger partial charge in [0.05, 0.1) is 0 Å². The van der Waals surface area contributed by atoms with Crippen LogP contribution in [0.25, 0.3) is 0 Å². The molecule has 0 bridgehead atoms. The second kappa shape index (κ2) is 6.86. The molecular weight excluding hydrogens is 214 g/mol. The first-order valence-electron chi connectivity index (χ1n) is 5.78. The zero-order valence-electron chi connectivity index (χ0n) is 10.4. The van der Waals surface area contributed by atoms with Gasteiger partial charge in [-0.25, -0.2) is 4.79 Å². The summed E-state index contributed by atoms with van der Waals surface area (Å²) >= 11 is 0. The van der Waals surface area contributed by atoms with Gasteiger partial charge in [-0.3, -0.25) is 4.90 Å². The van der Waals surface area contributed by atoms with Crippen LogP contribution in [0.5, 0.6) is 0 Å². The number of benzene rings is 1. The van der Waals surface area contributed by atoms with E-state index < -0.39 is 5.97 Å². The molecule has 0 saturated heterocycles. The lowest BCUT2D eigenvalue weighted by molar-refractivity contribution is -0.132. The van der Waals surface area contributed by atoms with Crippen molar-refractivity contribution in [2.75, 3.05) is 13.6 Å². The number of carbonyl (C=O) groups is 1. The summed E-state index contributed by atoms with van der Waals surface area (Å²) in [4.78, 5) is 12.9. The molecule has 1 N–H and O–H groups in total. The fraction of sp³-hybridized carbons (Fsp3) is 0.357. The van der Waals surface area contributed by atoms with Crippen LogP contribution in [0.4, 0.5) is 0 Å². The van der Waals surface area contributed by atoms with Crippen LogP contribution >= 0.6 is 0 Å². The molecule has 0 heterocycles. The number of hydrogen-bond donors (Lipinski definition) is 1. The van der Waals surface area contributed by atoms with Gasteiger partial charge in [0.2, 0.25) is 0 Å². The highest BCUT2D eigenvalue weighted by molar-refractivity contribution is 5.86. The van der Waals surface area contributed by atoms with Crippen molar-refractivity contribution in [3.8, 4) is 0 Å². The molecular formula is C14H19NO2. The Kier molecular flexibility index (Phi) is 5.43. The minimum atomic E-state index is -0.819. The number of rotatable bonds is 6. The highest BCUT2D eigenvalue weighted by Gasteiger charge is 2.04. The third kappa shape index (κ3) is 4.83. The number of carboxylic acid groups (broad SMARTS) is 1. The molecule has 3 nitrogen and oxygen atoms in total. The summed E-state index contributed by atoms with van der Waals surface area (Å²) in [6.07, 6.45) is 2.35. The number of hydrogen-bond acceptors (Lipinski definition) is 2. The predicted molar refractivity (Wildman–Crippen MR) is 68.8 cm³/mol. The monoisotopic (exact) mass is 233 g/mol. The van der Waals surface area contributed by atoms with Gasteiger partial charge in [0, 0.05) is 18.7 Å². The minimum Gasteiger partial charge on any atom is -0.478 e. The van der Waals surface area contributed by atoms with Crippen LogP contribution in [0.2, 0.25) is 0 Å². The first kappa shape index (κ1) is 13.5. The average Bonchev–Trinajstić information content (AvgIpc) is 2.30. The molecule has 0 spiro atoms. The van der Waals surface area contributed by atoms with Gasteiger partial charge in [0.25, 0.3) is 0 Å². The summed E-state index contributed by atoms with van der Waals surface area (Å²) in [6, 6.07) is 10.1. The Balaban J connectivity index is 2.50. The zero-order valence-corrected chi connectivity index (χ0v) is 10.4. The first-order valence-corrected chi connectivity index (χ1v) is 5.78. The molecule has 0 aromatic heterocycles. The number of carboxylic acids is 1. The lowest BCUT2D eigenvalue weighted by Crippen LogP contribution is -2.18. The quantitative estimate of drug-likeness (QED) is 0.768. The van der Waals surface area contributed by atoms with Crippen LogP contribution in [-0.4, -0.2) is 29.6 Å². The van der Waals surface area contributed by atoms with Crippen molar-refractivity contribution in [2.24, 2.45) is 0 Å². The van der Waals surface area contributed by atoms with Gasteiger partial charge in [-0.1, -0.05) is 43.3 Å². The van der Waals surface area contributed by atoms with Gasteiger partial charge in [-0.2, -0.15) is 0 Å². The molecule has 0 aliphatic heterocycles. The van der Waals surface area contributed by atoms with Crippen molar-refractivity contribution < 1.29 is 9.90 Å². The van der Waals surface area contributed by atoms with Crippen molar-refractivity contribution >= 4 is 5.97 Å². The highest BCUT2D eigenvalue weighted by atomic mass is 16.4. The van der Waals surface area contributed by atoms with E-state index in [1.54, 1.807) is 6.08 Å². The summed E-state index contributed by atoms with van der Waals surface area (Å²) in [6.45, 7) is 3.34. The topological polar surface area (TPSA) is 40.5 Å². The smallest absolute Gasteiger partial charge is 0.331 e. The Labute approximate surface area is 102 Å². The molecule has 0 atom stereocenters. The first-order chi connectivity index (χ1) is 8.13. The Hall–Kier alpha value is -1.61. The SMILES string of the molecule is CCC(=CCN(C)Cc1ccccc1)C(=O)O. The highest BCUT2D eigenvalue weighted by Crippen LogP contribution is 2.05. The van der Waals surface area contributed by atoms with Crippen LogP contribution in [0, 0.1) is 0 Å². The van der Waals surface area contributed by atoms with Crippen molar-refractivity contribution in [1.29, 1.82) is 0 Å². The van der Waals surface area contributed by atoms with E-state index in [1.165, 1.54) is 5.56 Å². The Morgan fingerprint density at radius 2 is 2.00 bits per heavy atom. The standard InChI is InChI=1S/C14H19NO2/c1-3-13(14(16)17)9-10-15(2)11-12-7-5-4-6-8-12/h4-9H,3,10-11H2,1-2H3,(H,16,17). The minimum absolute atomic E-state index is 0.477. The third-order valence-electron chi connectivity index (χ3n) is 2.60. The zero-order chi connectivity index (χ0) is 12.7. The van der Waals surface area contributed by atoms with E-state index in [9.17, 15) is 4.79 Å². The van der Waals surface area contributed by atoms with Gasteiger partial charge in [-0.15, -0.1) is 0 Å². The van der Waals surface area contributed by atoms with Crippen molar-refractivity contribution in [3.05, 3.63) is 47.5 Å². The summed E-state index contributed by atoms with van der Waals surface area (Å²) in [7, 11) is 1.98. The Bertz CT molecular complexity index is 384. The predicted octanol–water partition coefficient (Wildman–Crippen LogP) is 2.54. The molecule has 0 fully saturated rings. The van der Waals surface area contributed by atoms with Gasteiger partial charge in [0.15, 0.2) is 0 Å². The van der Waals surface area contributed by atoms with E-state index in [1.807, 2.05) is 32.2 Å². The van der Waals surface area contributed by atoms with Gasteiger partial charge >= 0.3 is 5.97 Å². The van der Waals surface area contributed by atoms with Gasteiger partial charge in [-0.05, 0) is 19.0 Å². The molecule has 1 aromatic carbocycles. The molecule has 0 radical (unpaired) electrons. The maximum atomic E-state index is 10.8. The molecule has 0 amide bonds.